The van der Waals surface area contributed by atoms with Crippen molar-refractivity contribution in [3.8, 4) is 11.4 Å². The zero-order valence-electron chi connectivity index (χ0n) is 10.9. The summed E-state index contributed by atoms with van der Waals surface area (Å²) in [6.07, 6.45) is 1.63. The highest BCUT2D eigenvalue weighted by Gasteiger charge is 2.09. The number of hydrogen-bond donors (Lipinski definition) is 1. The molecule has 0 radical (unpaired) electrons. The van der Waals surface area contributed by atoms with Crippen LogP contribution >= 0.6 is 27.7 Å². The number of nitrogens with two attached hydrogens (primary N) is 1. The van der Waals surface area contributed by atoms with E-state index >= 15 is 0 Å². The number of hydrogen-bond acceptors (Lipinski definition) is 6. The summed E-state index contributed by atoms with van der Waals surface area (Å²) in [6.45, 7) is 0. The fourth-order valence-corrected chi connectivity index (χ4v) is 2.75. The molecule has 3 aromatic rings. The molecule has 2 N–H and O–H groups in total. The summed E-state index contributed by atoms with van der Waals surface area (Å²) in [4.78, 5) is 8.59. The normalized spacial score (nSPS) is 10.7. The van der Waals surface area contributed by atoms with Crippen molar-refractivity contribution in [2.75, 3.05) is 5.73 Å². The number of thioether (sulfide) groups is 1. The van der Waals surface area contributed by atoms with Crippen molar-refractivity contribution in [3.05, 3.63) is 53.0 Å². The maximum atomic E-state index is 5.60. The first kappa shape index (κ1) is 14.1. The van der Waals surface area contributed by atoms with Gasteiger partial charge in [0.2, 0.25) is 11.7 Å². The number of pyridine rings is 1. The van der Waals surface area contributed by atoms with Gasteiger partial charge in [-0.15, -0.1) is 0 Å². The number of benzene rings is 1. The fourth-order valence-electron chi connectivity index (χ4n) is 1.67. The van der Waals surface area contributed by atoms with Gasteiger partial charge in [0.15, 0.2) is 0 Å². The van der Waals surface area contributed by atoms with Crippen molar-refractivity contribution in [1.82, 2.24) is 15.1 Å². The van der Waals surface area contributed by atoms with Gasteiger partial charge in [0, 0.05) is 10.0 Å². The lowest BCUT2D eigenvalue weighted by molar-refractivity contribution is 0.391. The van der Waals surface area contributed by atoms with Gasteiger partial charge >= 0.3 is 0 Å². The highest BCUT2D eigenvalue weighted by Crippen LogP contribution is 2.24. The van der Waals surface area contributed by atoms with Crippen LogP contribution in [0.2, 0.25) is 0 Å². The van der Waals surface area contributed by atoms with E-state index in [4.69, 9.17) is 10.3 Å². The van der Waals surface area contributed by atoms with Crippen molar-refractivity contribution in [1.29, 1.82) is 0 Å². The summed E-state index contributed by atoms with van der Waals surface area (Å²) >= 11 is 4.95. The van der Waals surface area contributed by atoms with E-state index in [1.165, 1.54) is 11.8 Å². The Morgan fingerprint density at radius 1 is 1.24 bits per heavy atom. The van der Waals surface area contributed by atoms with Gasteiger partial charge in [0.25, 0.3) is 0 Å². The number of aromatic nitrogens is 3. The highest BCUT2D eigenvalue weighted by molar-refractivity contribution is 9.10. The van der Waals surface area contributed by atoms with Crippen LogP contribution in [0.25, 0.3) is 11.4 Å². The number of rotatable bonds is 4. The van der Waals surface area contributed by atoms with E-state index in [1.54, 1.807) is 6.20 Å². The third kappa shape index (κ3) is 3.62. The van der Waals surface area contributed by atoms with Crippen molar-refractivity contribution in [2.24, 2.45) is 0 Å². The Bertz CT molecular complexity index is 745. The summed E-state index contributed by atoms with van der Waals surface area (Å²) in [6, 6.07) is 11.5. The van der Waals surface area contributed by atoms with Gasteiger partial charge in [0.05, 0.1) is 22.7 Å². The average molecular weight is 363 g/mol. The number of halogens is 1. The average Bonchev–Trinajstić information content (AvgIpc) is 2.96. The molecule has 106 valence electrons. The second-order valence-corrected chi connectivity index (χ2v) is 6.15. The quantitative estimate of drug-likeness (QED) is 0.711. The van der Waals surface area contributed by atoms with E-state index in [0.717, 1.165) is 15.1 Å². The Hall–Kier alpha value is -1.86. The van der Waals surface area contributed by atoms with Crippen molar-refractivity contribution in [3.63, 3.8) is 0 Å². The van der Waals surface area contributed by atoms with E-state index < -0.39 is 0 Å². The molecule has 5 nitrogen and oxygen atoms in total. The van der Waals surface area contributed by atoms with Gasteiger partial charge in [-0.3, -0.25) is 0 Å². The molecule has 0 aliphatic rings. The zero-order chi connectivity index (χ0) is 14.7. The predicted octanol–water partition coefficient (Wildman–Crippen LogP) is 3.77. The molecule has 3 rings (SSSR count). The first-order valence-electron chi connectivity index (χ1n) is 6.13. The minimum Gasteiger partial charge on any atom is -0.397 e. The fraction of sp³-hybridized carbons (Fsp3) is 0.0714. The highest BCUT2D eigenvalue weighted by atomic mass is 79.9. The van der Waals surface area contributed by atoms with Crippen LogP contribution in [-0.4, -0.2) is 15.1 Å². The molecular formula is C14H11BrN4OS. The summed E-state index contributed by atoms with van der Waals surface area (Å²) in [5.74, 6) is 1.71. The summed E-state index contributed by atoms with van der Waals surface area (Å²) < 4.78 is 6.23. The van der Waals surface area contributed by atoms with Gasteiger partial charge in [-0.2, -0.15) is 4.98 Å². The van der Waals surface area contributed by atoms with Crippen LogP contribution < -0.4 is 5.73 Å². The van der Waals surface area contributed by atoms with Gasteiger partial charge in [-0.05, 0) is 24.3 Å². The molecule has 0 fully saturated rings. The molecule has 0 atom stereocenters. The molecule has 0 bridgehead atoms. The van der Waals surface area contributed by atoms with Crippen LogP contribution in [-0.2, 0) is 5.75 Å². The smallest absolute Gasteiger partial charge is 0.237 e. The molecule has 0 unspecified atom stereocenters. The monoisotopic (exact) mass is 362 g/mol. The van der Waals surface area contributed by atoms with E-state index in [0.29, 0.717) is 23.2 Å². The van der Waals surface area contributed by atoms with Crippen LogP contribution in [0.1, 0.15) is 5.89 Å². The molecule has 1 aromatic carbocycles. The maximum absolute atomic E-state index is 5.60. The Balaban J connectivity index is 1.69. The van der Waals surface area contributed by atoms with Crippen LogP contribution in [0.15, 0.2) is 56.6 Å². The molecule has 2 aromatic heterocycles. The van der Waals surface area contributed by atoms with Crippen LogP contribution in [0.4, 0.5) is 5.69 Å². The van der Waals surface area contributed by atoms with Crippen molar-refractivity contribution >= 4 is 33.4 Å². The zero-order valence-corrected chi connectivity index (χ0v) is 13.3. The Kier molecular flexibility index (Phi) is 4.21. The SMILES string of the molecule is Nc1ccc(SCc2nc(-c3cccc(Br)c3)no2)nc1. The minimum atomic E-state index is 0.564. The molecule has 0 saturated carbocycles. The largest absolute Gasteiger partial charge is 0.397 e. The molecular weight excluding hydrogens is 352 g/mol. The van der Waals surface area contributed by atoms with E-state index in [1.807, 2.05) is 36.4 Å². The van der Waals surface area contributed by atoms with Crippen molar-refractivity contribution in [2.45, 2.75) is 10.8 Å². The van der Waals surface area contributed by atoms with E-state index in [-0.39, 0.29) is 0 Å². The summed E-state index contributed by atoms with van der Waals surface area (Å²) in [5.41, 5.74) is 7.16. The van der Waals surface area contributed by atoms with Crippen molar-refractivity contribution < 1.29 is 4.52 Å². The molecule has 0 amide bonds. The second-order valence-electron chi connectivity index (χ2n) is 4.24. The van der Waals surface area contributed by atoms with Gasteiger partial charge < -0.3 is 10.3 Å². The molecule has 21 heavy (non-hydrogen) atoms. The maximum Gasteiger partial charge on any atom is 0.237 e. The topological polar surface area (TPSA) is 77.8 Å². The lowest BCUT2D eigenvalue weighted by Gasteiger charge is -1.97. The Morgan fingerprint density at radius 2 is 2.14 bits per heavy atom. The number of anilines is 1. The first-order chi connectivity index (χ1) is 10.2. The molecule has 7 heteroatoms. The predicted molar refractivity (Wildman–Crippen MR) is 85.6 cm³/mol. The van der Waals surface area contributed by atoms with Gasteiger partial charge in [-0.25, -0.2) is 4.98 Å². The second kappa shape index (κ2) is 6.28. The first-order valence-corrected chi connectivity index (χ1v) is 7.91. The van der Waals surface area contributed by atoms with Crippen LogP contribution in [0.3, 0.4) is 0 Å². The minimum absolute atomic E-state index is 0.564. The molecule has 0 aliphatic heterocycles. The Labute approximate surface area is 134 Å². The standard InChI is InChI=1S/C14H11BrN4OS/c15-10-3-1-2-9(6-10)14-18-12(20-19-14)8-21-13-5-4-11(16)7-17-13/h1-7H,8,16H2. The number of nitrogen functional groups attached to an aromatic ring is 1. The lowest BCUT2D eigenvalue weighted by Crippen LogP contribution is -1.87. The number of nitrogens with zero attached hydrogens (tertiary/aromatic N) is 3. The van der Waals surface area contributed by atoms with Gasteiger partial charge in [0.1, 0.15) is 0 Å². The summed E-state index contributed by atoms with van der Waals surface area (Å²) in [5, 5.41) is 4.86. The molecule has 0 aliphatic carbocycles. The molecule has 0 saturated heterocycles. The van der Waals surface area contributed by atoms with Crippen LogP contribution in [0.5, 0.6) is 0 Å². The third-order valence-corrected chi connectivity index (χ3v) is 4.08. The van der Waals surface area contributed by atoms with E-state index in [9.17, 15) is 0 Å². The molecule has 2 heterocycles. The molecule has 0 spiro atoms. The Morgan fingerprint density at radius 3 is 2.90 bits per heavy atom. The summed E-state index contributed by atoms with van der Waals surface area (Å²) in [7, 11) is 0. The van der Waals surface area contributed by atoms with Crippen LogP contribution in [0, 0.1) is 0 Å². The third-order valence-electron chi connectivity index (χ3n) is 2.65. The van der Waals surface area contributed by atoms with Gasteiger partial charge in [-0.1, -0.05) is 45.0 Å². The lowest BCUT2D eigenvalue weighted by atomic mass is 10.2. The van der Waals surface area contributed by atoms with E-state index in [2.05, 4.69) is 31.1 Å².